The van der Waals surface area contributed by atoms with Gasteiger partial charge in [-0.15, -0.1) is 0 Å². The van der Waals surface area contributed by atoms with Crippen LogP contribution < -0.4 is 0 Å². The van der Waals surface area contributed by atoms with Gasteiger partial charge in [-0.1, -0.05) is 27.7 Å². The maximum absolute atomic E-state index is 10.5. The van der Waals surface area contributed by atoms with E-state index in [1.807, 2.05) is 0 Å². The quantitative estimate of drug-likeness (QED) is 0.761. The summed E-state index contributed by atoms with van der Waals surface area (Å²) in [6, 6.07) is 0. The van der Waals surface area contributed by atoms with Crippen LogP contribution in [0.5, 0.6) is 0 Å². The molecule has 1 unspecified atom stereocenters. The van der Waals surface area contributed by atoms with Crippen molar-refractivity contribution in [1.82, 2.24) is 0 Å². The lowest BCUT2D eigenvalue weighted by Crippen LogP contribution is -2.57. The summed E-state index contributed by atoms with van der Waals surface area (Å²) in [6.07, 6.45) is 4.44. The van der Waals surface area contributed by atoms with Crippen molar-refractivity contribution >= 4 is 0 Å². The summed E-state index contributed by atoms with van der Waals surface area (Å²) >= 11 is 0. The van der Waals surface area contributed by atoms with Gasteiger partial charge in [0.25, 0.3) is 0 Å². The summed E-state index contributed by atoms with van der Waals surface area (Å²) in [5, 5.41) is 10.5. The van der Waals surface area contributed by atoms with Crippen LogP contribution in [0.2, 0.25) is 0 Å². The minimum absolute atomic E-state index is 0.0843. The summed E-state index contributed by atoms with van der Waals surface area (Å²) in [5.74, 6) is 1.24. The third-order valence-corrected chi connectivity index (χ3v) is 5.45. The standard InChI is InChI=1S/C15H28O2/c1-10(2)12-8-13(16)14(4,5)15(9-12)7-6-11(3)17-15/h10-13,16H,6-9H2,1-5H3/t11-,12+,13+,15?/m0/s1. The Kier molecular flexibility index (Phi) is 3.33. The second-order valence-corrected chi connectivity index (χ2v) is 7.14. The number of aliphatic hydroxyl groups is 1. The molecule has 1 aliphatic heterocycles. The molecule has 0 aromatic carbocycles. The summed E-state index contributed by atoms with van der Waals surface area (Å²) < 4.78 is 6.30. The van der Waals surface area contributed by atoms with Crippen LogP contribution in [-0.4, -0.2) is 22.9 Å². The van der Waals surface area contributed by atoms with E-state index in [-0.39, 0.29) is 17.1 Å². The normalized spacial score (nSPS) is 45.7. The Morgan fingerprint density at radius 2 is 1.94 bits per heavy atom. The van der Waals surface area contributed by atoms with Crippen molar-refractivity contribution in [2.45, 2.75) is 78.1 Å². The largest absolute Gasteiger partial charge is 0.392 e. The van der Waals surface area contributed by atoms with Gasteiger partial charge in [0.2, 0.25) is 0 Å². The second-order valence-electron chi connectivity index (χ2n) is 7.14. The van der Waals surface area contributed by atoms with E-state index in [4.69, 9.17) is 4.74 Å². The number of hydrogen-bond acceptors (Lipinski definition) is 2. The molecule has 1 saturated heterocycles. The smallest absolute Gasteiger partial charge is 0.0765 e. The molecule has 0 amide bonds. The van der Waals surface area contributed by atoms with E-state index in [1.54, 1.807) is 0 Å². The molecule has 2 heteroatoms. The van der Waals surface area contributed by atoms with E-state index in [1.165, 1.54) is 0 Å². The van der Waals surface area contributed by atoms with Crippen molar-refractivity contribution in [1.29, 1.82) is 0 Å². The van der Waals surface area contributed by atoms with E-state index in [0.29, 0.717) is 17.9 Å². The fourth-order valence-corrected chi connectivity index (χ4v) is 3.73. The highest BCUT2D eigenvalue weighted by Crippen LogP contribution is 2.55. The summed E-state index contributed by atoms with van der Waals surface area (Å²) in [7, 11) is 0. The number of rotatable bonds is 1. The Balaban J connectivity index is 2.27. The molecule has 2 nitrogen and oxygen atoms in total. The van der Waals surface area contributed by atoms with Gasteiger partial charge in [-0.25, -0.2) is 0 Å². The van der Waals surface area contributed by atoms with Crippen LogP contribution in [-0.2, 0) is 4.74 Å². The average molecular weight is 240 g/mol. The van der Waals surface area contributed by atoms with E-state index in [9.17, 15) is 5.11 Å². The molecule has 17 heavy (non-hydrogen) atoms. The molecule has 0 bridgehead atoms. The van der Waals surface area contributed by atoms with Crippen LogP contribution in [0.4, 0.5) is 0 Å². The topological polar surface area (TPSA) is 29.5 Å². The molecule has 1 saturated carbocycles. The Morgan fingerprint density at radius 3 is 2.41 bits per heavy atom. The summed E-state index contributed by atoms with van der Waals surface area (Å²) in [5.41, 5.74) is -0.192. The van der Waals surface area contributed by atoms with Crippen molar-refractivity contribution in [3.63, 3.8) is 0 Å². The molecule has 1 spiro atoms. The lowest BCUT2D eigenvalue weighted by atomic mass is 9.58. The SMILES string of the molecule is CC(C)[C@@H]1C[C@@H](O)C(C)(C)C2(CC[C@H](C)O2)C1. The Hall–Kier alpha value is -0.0800. The maximum atomic E-state index is 10.5. The lowest BCUT2D eigenvalue weighted by Gasteiger charge is -2.53. The molecular formula is C15H28O2. The van der Waals surface area contributed by atoms with Crippen molar-refractivity contribution < 1.29 is 9.84 Å². The first-order chi connectivity index (χ1) is 7.78. The molecule has 100 valence electrons. The van der Waals surface area contributed by atoms with Gasteiger partial charge in [0.15, 0.2) is 0 Å². The van der Waals surface area contributed by atoms with Gasteiger partial charge in [0.05, 0.1) is 17.8 Å². The van der Waals surface area contributed by atoms with Gasteiger partial charge in [-0.2, -0.15) is 0 Å². The highest BCUT2D eigenvalue weighted by atomic mass is 16.5. The van der Waals surface area contributed by atoms with Crippen molar-refractivity contribution in [2.75, 3.05) is 0 Å². The first kappa shape index (κ1) is 13.4. The fourth-order valence-electron chi connectivity index (χ4n) is 3.73. The van der Waals surface area contributed by atoms with E-state index < -0.39 is 0 Å². The zero-order valence-corrected chi connectivity index (χ0v) is 12.0. The second kappa shape index (κ2) is 4.24. The molecule has 1 aliphatic carbocycles. The van der Waals surface area contributed by atoms with Crippen LogP contribution in [0.1, 0.15) is 60.3 Å². The number of aliphatic hydroxyl groups excluding tert-OH is 1. The molecule has 2 aliphatic rings. The van der Waals surface area contributed by atoms with Crippen LogP contribution in [0.3, 0.4) is 0 Å². The average Bonchev–Trinajstić information content (AvgIpc) is 2.58. The maximum Gasteiger partial charge on any atom is 0.0765 e. The highest BCUT2D eigenvalue weighted by Gasteiger charge is 2.57. The summed E-state index contributed by atoms with van der Waals surface area (Å²) in [4.78, 5) is 0. The van der Waals surface area contributed by atoms with Gasteiger partial charge >= 0.3 is 0 Å². The van der Waals surface area contributed by atoms with E-state index >= 15 is 0 Å². The highest BCUT2D eigenvalue weighted by molar-refractivity contribution is 5.07. The van der Waals surface area contributed by atoms with Gasteiger partial charge < -0.3 is 9.84 Å². The molecule has 2 rings (SSSR count). The zero-order chi connectivity index (χ0) is 12.8. The molecular weight excluding hydrogens is 212 g/mol. The third kappa shape index (κ3) is 2.04. The molecule has 0 radical (unpaired) electrons. The van der Waals surface area contributed by atoms with Crippen molar-refractivity contribution in [3.05, 3.63) is 0 Å². The molecule has 1 N–H and O–H groups in total. The Morgan fingerprint density at radius 1 is 1.29 bits per heavy atom. The molecule has 0 aromatic heterocycles. The number of ether oxygens (including phenoxy) is 1. The fraction of sp³-hybridized carbons (Fsp3) is 1.00. The molecule has 4 atom stereocenters. The van der Waals surface area contributed by atoms with Crippen molar-refractivity contribution in [2.24, 2.45) is 17.3 Å². The summed E-state index contributed by atoms with van der Waals surface area (Å²) in [6.45, 7) is 11.1. The predicted octanol–water partition coefficient (Wildman–Crippen LogP) is 3.38. The minimum atomic E-state index is -0.228. The lowest BCUT2D eigenvalue weighted by molar-refractivity contribution is -0.193. The van der Waals surface area contributed by atoms with Crippen LogP contribution >= 0.6 is 0 Å². The Labute approximate surface area is 106 Å². The van der Waals surface area contributed by atoms with Crippen LogP contribution in [0.25, 0.3) is 0 Å². The van der Waals surface area contributed by atoms with Gasteiger partial charge in [-0.05, 0) is 44.4 Å². The van der Waals surface area contributed by atoms with Crippen LogP contribution in [0, 0.1) is 17.3 Å². The minimum Gasteiger partial charge on any atom is -0.392 e. The zero-order valence-electron chi connectivity index (χ0n) is 12.0. The Bertz CT molecular complexity index is 285. The third-order valence-electron chi connectivity index (χ3n) is 5.45. The van der Waals surface area contributed by atoms with Gasteiger partial charge in [0.1, 0.15) is 0 Å². The molecule has 0 aromatic rings. The van der Waals surface area contributed by atoms with E-state index in [0.717, 1.165) is 25.7 Å². The first-order valence-electron chi connectivity index (χ1n) is 7.14. The van der Waals surface area contributed by atoms with Crippen LogP contribution in [0.15, 0.2) is 0 Å². The number of hydrogen-bond donors (Lipinski definition) is 1. The van der Waals surface area contributed by atoms with Gasteiger partial charge in [-0.3, -0.25) is 0 Å². The molecule has 2 fully saturated rings. The van der Waals surface area contributed by atoms with E-state index in [2.05, 4.69) is 34.6 Å². The monoisotopic (exact) mass is 240 g/mol. The van der Waals surface area contributed by atoms with Gasteiger partial charge in [0, 0.05) is 5.41 Å². The van der Waals surface area contributed by atoms with Crippen molar-refractivity contribution in [3.8, 4) is 0 Å². The predicted molar refractivity (Wildman–Crippen MR) is 69.9 cm³/mol. The first-order valence-corrected chi connectivity index (χ1v) is 7.14. The molecule has 1 heterocycles.